The summed E-state index contributed by atoms with van der Waals surface area (Å²) in [5.41, 5.74) is 6.31. The smallest absolute Gasteiger partial charge is 0.337 e. The highest BCUT2D eigenvalue weighted by Crippen LogP contribution is 2.42. The molecule has 0 unspecified atom stereocenters. The molecule has 2 N–H and O–H groups in total. The van der Waals surface area contributed by atoms with E-state index in [0.717, 1.165) is 38.9 Å². The van der Waals surface area contributed by atoms with Crippen molar-refractivity contribution in [2.24, 2.45) is 0 Å². The lowest BCUT2D eigenvalue weighted by molar-refractivity contribution is 0.0652. The molecule has 0 saturated heterocycles. The maximum absolute atomic E-state index is 12.2. The van der Waals surface area contributed by atoms with Crippen molar-refractivity contribution in [1.29, 1.82) is 0 Å². The summed E-state index contributed by atoms with van der Waals surface area (Å²) < 4.78 is 0. The van der Waals surface area contributed by atoms with Crippen LogP contribution in [0.25, 0.3) is 22.3 Å². The first-order chi connectivity index (χ1) is 13.2. The van der Waals surface area contributed by atoms with Crippen molar-refractivity contribution in [3.8, 4) is 22.3 Å². The summed E-state index contributed by atoms with van der Waals surface area (Å²) in [5, 5.41) is 19.6. The Morgan fingerprint density at radius 3 is 1.50 bits per heavy atom. The molecule has 0 aliphatic rings. The van der Waals surface area contributed by atoms with Gasteiger partial charge in [-0.3, -0.25) is 0 Å². The van der Waals surface area contributed by atoms with Crippen molar-refractivity contribution in [1.82, 2.24) is 0 Å². The number of carboxylic acids is 2. The maximum Gasteiger partial charge on any atom is 0.337 e. The van der Waals surface area contributed by atoms with Gasteiger partial charge in [0.25, 0.3) is 0 Å². The molecule has 0 bridgehead atoms. The molecule has 4 nitrogen and oxygen atoms in total. The van der Waals surface area contributed by atoms with Gasteiger partial charge in [0.15, 0.2) is 0 Å². The average molecular weight is 374 g/mol. The van der Waals surface area contributed by atoms with Crippen LogP contribution in [-0.4, -0.2) is 22.2 Å². The van der Waals surface area contributed by atoms with Crippen LogP contribution in [0.15, 0.2) is 48.5 Å². The van der Waals surface area contributed by atoms with Crippen LogP contribution in [0, 0.1) is 27.7 Å². The monoisotopic (exact) mass is 374 g/mol. The Kier molecular flexibility index (Phi) is 5.06. The van der Waals surface area contributed by atoms with Crippen molar-refractivity contribution >= 4 is 11.9 Å². The van der Waals surface area contributed by atoms with E-state index in [1.807, 2.05) is 64.1 Å². The molecule has 0 aromatic heterocycles. The number of aryl methyl sites for hydroxylation is 4. The minimum atomic E-state index is -1.25. The average Bonchev–Trinajstić information content (AvgIpc) is 2.61. The lowest BCUT2D eigenvalue weighted by Gasteiger charge is -2.21. The zero-order chi connectivity index (χ0) is 20.6. The van der Waals surface area contributed by atoms with Gasteiger partial charge >= 0.3 is 11.9 Å². The summed E-state index contributed by atoms with van der Waals surface area (Å²) >= 11 is 0. The van der Waals surface area contributed by atoms with Crippen molar-refractivity contribution in [3.63, 3.8) is 0 Å². The highest BCUT2D eigenvalue weighted by Gasteiger charge is 2.27. The van der Waals surface area contributed by atoms with Gasteiger partial charge < -0.3 is 10.2 Å². The standard InChI is InChI=1S/C24H22O4/c1-13-7-5-8-14(2)19(13)17-11-12-18(23(25)26)22(24(27)28)21(17)20-15(3)9-6-10-16(20)4/h5-12H,1-4H3,(H,25,26)(H,27,28). The van der Waals surface area contributed by atoms with E-state index in [2.05, 4.69) is 0 Å². The van der Waals surface area contributed by atoms with Crippen LogP contribution >= 0.6 is 0 Å². The fraction of sp³-hybridized carbons (Fsp3) is 0.167. The third kappa shape index (κ3) is 3.18. The van der Waals surface area contributed by atoms with Crippen molar-refractivity contribution in [2.45, 2.75) is 27.7 Å². The molecule has 0 spiro atoms. The lowest BCUT2D eigenvalue weighted by atomic mass is 9.82. The molecule has 4 heteroatoms. The fourth-order valence-corrected chi connectivity index (χ4v) is 3.92. The number of hydrogen-bond donors (Lipinski definition) is 2. The van der Waals surface area contributed by atoms with E-state index in [1.165, 1.54) is 6.07 Å². The number of hydrogen-bond acceptors (Lipinski definition) is 2. The molecule has 0 radical (unpaired) electrons. The van der Waals surface area contributed by atoms with Crippen molar-refractivity contribution in [2.75, 3.05) is 0 Å². The Morgan fingerprint density at radius 1 is 0.607 bits per heavy atom. The topological polar surface area (TPSA) is 74.6 Å². The van der Waals surface area contributed by atoms with Crippen LogP contribution in [0.3, 0.4) is 0 Å². The summed E-state index contributed by atoms with van der Waals surface area (Å²) in [5.74, 6) is -2.50. The number of carbonyl (C=O) groups is 2. The van der Waals surface area contributed by atoms with Gasteiger partial charge in [0.1, 0.15) is 0 Å². The number of rotatable bonds is 4. The molecule has 0 amide bonds. The van der Waals surface area contributed by atoms with Crippen LogP contribution in [0.4, 0.5) is 0 Å². The largest absolute Gasteiger partial charge is 0.478 e. The molecule has 3 aromatic rings. The normalized spacial score (nSPS) is 10.7. The van der Waals surface area contributed by atoms with Gasteiger partial charge in [0.05, 0.1) is 11.1 Å². The van der Waals surface area contributed by atoms with Gasteiger partial charge in [-0.15, -0.1) is 0 Å². The minimum absolute atomic E-state index is 0.176. The molecule has 0 saturated carbocycles. The zero-order valence-electron chi connectivity index (χ0n) is 16.3. The SMILES string of the molecule is Cc1cccc(C)c1-c1ccc(C(=O)O)c(C(=O)O)c1-c1c(C)cccc1C. The van der Waals surface area contributed by atoms with Gasteiger partial charge in [0, 0.05) is 5.56 Å². The van der Waals surface area contributed by atoms with Crippen molar-refractivity contribution < 1.29 is 19.8 Å². The number of carboxylic acid groups (broad SMARTS) is 2. The van der Waals surface area contributed by atoms with Gasteiger partial charge in [-0.1, -0.05) is 42.5 Å². The Balaban J connectivity index is 2.58. The molecule has 0 fully saturated rings. The van der Waals surface area contributed by atoms with Crippen LogP contribution in [0.5, 0.6) is 0 Å². The zero-order valence-corrected chi connectivity index (χ0v) is 16.3. The fourth-order valence-electron chi connectivity index (χ4n) is 3.92. The summed E-state index contributed by atoms with van der Waals surface area (Å²) in [7, 11) is 0. The van der Waals surface area contributed by atoms with E-state index in [0.29, 0.717) is 5.56 Å². The van der Waals surface area contributed by atoms with Crippen molar-refractivity contribution in [3.05, 3.63) is 81.9 Å². The van der Waals surface area contributed by atoms with Crippen LogP contribution < -0.4 is 0 Å². The van der Waals surface area contributed by atoms with E-state index in [1.54, 1.807) is 6.07 Å². The van der Waals surface area contributed by atoms with Gasteiger partial charge in [0.2, 0.25) is 0 Å². The Labute approximate surface area is 164 Å². The van der Waals surface area contributed by atoms with E-state index in [4.69, 9.17) is 0 Å². The summed E-state index contributed by atoms with van der Waals surface area (Å²) in [6.45, 7) is 7.77. The molecule has 0 heterocycles. The Morgan fingerprint density at radius 2 is 1.07 bits per heavy atom. The highest BCUT2D eigenvalue weighted by atomic mass is 16.4. The van der Waals surface area contributed by atoms with E-state index >= 15 is 0 Å². The minimum Gasteiger partial charge on any atom is -0.478 e. The summed E-state index contributed by atoms with van der Waals surface area (Å²) in [4.78, 5) is 24.0. The lowest BCUT2D eigenvalue weighted by Crippen LogP contribution is -2.12. The Hall–Kier alpha value is -3.40. The summed E-state index contributed by atoms with van der Waals surface area (Å²) in [6, 6.07) is 14.8. The number of benzene rings is 3. The molecule has 3 aromatic carbocycles. The molecule has 28 heavy (non-hydrogen) atoms. The second kappa shape index (κ2) is 7.31. The predicted molar refractivity (Wildman–Crippen MR) is 110 cm³/mol. The van der Waals surface area contributed by atoms with Gasteiger partial charge in [-0.05, 0) is 72.7 Å². The first-order valence-electron chi connectivity index (χ1n) is 9.00. The van der Waals surface area contributed by atoms with E-state index < -0.39 is 11.9 Å². The number of aromatic carboxylic acids is 2. The maximum atomic E-state index is 12.2. The molecule has 3 rings (SSSR count). The first-order valence-corrected chi connectivity index (χ1v) is 9.00. The Bertz CT molecular complexity index is 1070. The van der Waals surface area contributed by atoms with E-state index in [-0.39, 0.29) is 11.1 Å². The van der Waals surface area contributed by atoms with Gasteiger partial charge in [-0.2, -0.15) is 0 Å². The second-order valence-electron chi connectivity index (χ2n) is 7.05. The molecule has 0 aliphatic heterocycles. The summed E-state index contributed by atoms with van der Waals surface area (Å²) in [6.07, 6.45) is 0. The quantitative estimate of drug-likeness (QED) is 0.619. The van der Waals surface area contributed by atoms with Gasteiger partial charge in [-0.25, -0.2) is 9.59 Å². The molecular weight excluding hydrogens is 352 g/mol. The second-order valence-corrected chi connectivity index (χ2v) is 7.05. The molecular formula is C24H22O4. The third-order valence-corrected chi connectivity index (χ3v) is 5.13. The predicted octanol–water partition coefficient (Wildman–Crippen LogP) is 5.65. The van der Waals surface area contributed by atoms with E-state index in [9.17, 15) is 19.8 Å². The van der Waals surface area contributed by atoms with Crippen LogP contribution in [0.2, 0.25) is 0 Å². The highest BCUT2D eigenvalue weighted by molar-refractivity contribution is 6.10. The molecule has 0 atom stereocenters. The third-order valence-electron chi connectivity index (χ3n) is 5.13. The first kappa shape index (κ1) is 19.4. The molecule has 142 valence electrons. The van der Waals surface area contributed by atoms with Crippen LogP contribution in [-0.2, 0) is 0 Å². The van der Waals surface area contributed by atoms with Crippen LogP contribution in [0.1, 0.15) is 43.0 Å². The molecule has 0 aliphatic carbocycles.